The first-order valence-electron chi connectivity index (χ1n) is 4.36. The molecule has 0 amide bonds. The number of aldehydes is 1. The number of aliphatic hydroxyl groups excluding tert-OH is 1. The summed E-state index contributed by atoms with van der Waals surface area (Å²) in [5.41, 5.74) is 0. The molecule has 0 aromatic heterocycles. The van der Waals surface area contributed by atoms with Crippen LogP contribution in [0.25, 0.3) is 0 Å². The van der Waals surface area contributed by atoms with Crippen LogP contribution < -0.4 is 0 Å². The number of carbonyl (C=O) groups excluding carboxylic acids is 1. The molecule has 1 N–H and O–H groups in total. The molecule has 4 nitrogen and oxygen atoms in total. The average Bonchev–Trinajstić information content (AvgIpc) is 2.14. The summed E-state index contributed by atoms with van der Waals surface area (Å²) >= 11 is 0. The SMILES string of the molecule is CCP(=O)(CC(C)C=O)OCCO. The highest BCUT2D eigenvalue weighted by Gasteiger charge is 2.23. The van der Waals surface area contributed by atoms with E-state index in [2.05, 4.69) is 0 Å². The lowest BCUT2D eigenvalue weighted by atomic mass is 10.3. The second kappa shape index (κ2) is 6.30. The molecule has 0 aromatic rings. The van der Waals surface area contributed by atoms with Gasteiger partial charge in [0.25, 0.3) is 0 Å². The van der Waals surface area contributed by atoms with Gasteiger partial charge in [0, 0.05) is 18.2 Å². The van der Waals surface area contributed by atoms with Crippen molar-refractivity contribution in [3.63, 3.8) is 0 Å². The van der Waals surface area contributed by atoms with Crippen LogP contribution in [-0.2, 0) is 13.9 Å². The predicted molar refractivity (Wildman–Crippen MR) is 51.3 cm³/mol. The Bertz CT molecular complexity index is 193. The van der Waals surface area contributed by atoms with Gasteiger partial charge in [-0.3, -0.25) is 4.57 Å². The second-order valence-corrected chi connectivity index (χ2v) is 5.87. The van der Waals surface area contributed by atoms with Crippen LogP contribution >= 0.6 is 7.37 Å². The Balaban J connectivity index is 4.10. The van der Waals surface area contributed by atoms with Gasteiger partial charge < -0.3 is 14.4 Å². The van der Waals surface area contributed by atoms with Gasteiger partial charge in [0.15, 0.2) is 0 Å². The van der Waals surface area contributed by atoms with Gasteiger partial charge in [0.1, 0.15) is 6.29 Å². The summed E-state index contributed by atoms with van der Waals surface area (Å²) < 4.78 is 16.9. The highest BCUT2D eigenvalue weighted by molar-refractivity contribution is 7.59. The van der Waals surface area contributed by atoms with Crippen LogP contribution in [0.5, 0.6) is 0 Å². The Morgan fingerprint density at radius 3 is 2.62 bits per heavy atom. The smallest absolute Gasteiger partial charge is 0.203 e. The lowest BCUT2D eigenvalue weighted by Crippen LogP contribution is -2.09. The van der Waals surface area contributed by atoms with E-state index in [9.17, 15) is 9.36 Å². The van der Waals surface area contributed by atoms with E-state index in [0.29, 0.717) is 6.16 Å². The van der Waals surface area contributed by atoms with Crippen molar-refractivity contribution in [2.45, 2.75) is 13.8 Å². The van der Waals surface area contributed by atoms with E-state index in [1.165, 1.54) is 0 Å². The molecule has 0 aliphatic rings. The van der Waals surface area contributed by atoms with E-state index >= 15 is 0 Å². The Labute approximate surface area is 78.7 Å². The van der Waals surface area contributed by atoms with E-state index in [4.69, 9.17) is 9.63 Å². The molecule has 0 saturated carbocycles. The summed E-state index contributed by atoms with van der Waals surface area (Å²) in [4.78, 5) is 10.3. The first kappa shape index (κ1) is 12.8. The van der Waals surface area contributed by atoms with E-state index in [1.807, 2.05) is 0 Å². The highest BCUT2D eigenvalue weighted by Crippen LogP contribution is 2.47. The lowest BCUT2D eigenvalue weighted by Gasteiger charge is -2.17. The van der Waals surface area contributed by atoms with Crippen molar-refractivity contribution in [1.82, 2.24) is 0 Å². The quantitative estimate of drug-likeness (QED) is 0.503. The molecule has 78 valence electrons. The molecule has 0 radical (unpaired) electrons. The van der Waals surface area contributed by atoms with Crippen molar-refractivity contribution in [1.29, 1.82) is 0 Å². The largest absolute Gasteiger partial charge is 0.394 e. The van der Waals surface area contributed by atoms with Crippen LogP contribution in [0, 0.1) is 5.92 Å². The summed E-state index contributed by atoms with van der Waals surface area (Å²) in [7, 11) is -2.68. The topological polar surface area (TPSA) is 63.6 Å². The third-order valence-electron chi connectivity index (χ3n) is 1.70. The molecular formula is C8H17O4P. The summed E-state index contributed by atoms with van der Waals surface area (Å²) in [5.74, 6) is -0.246. The lowest BCUT2D eigenvalue weighted by molar-refractivity contribution is -0.110. The fraction of sp³-hybridized carbons (Fsp3) is 0.875. The predicted octanol–water partition coefficient (Wildman–Crippen LogP) is 1.13. The van der Waals surface area contributed by atoms with Crippen molar-refractivity contribution in [2.24, 2.45) is 5.92 Å². The maximum Gasteiger partial charge on any atom is 0.203 e. The number of rotatable bonds is 7. The number of hydrogen-bond acceptors (Lipinski definition) is 4. The molecular weight excluding hydrogens is 191 g/mol. The molecule has 0 bridgehead atoms. The summed E-state index contributed by atoms with van der Waals surface area (Å²) in [5, 5.41) is 8.50. The van der Waals surface area contributed by atoms with Crippen LogP contribution in [0.15, 0.2) is 0 Å². The van der Waals surface area contributed by atoms with Crippen LogP contribution in [0.3, 0.4) is 0 Å². The van der Waals surface area contributed by atoms with Gasteiger partial charge in [-0.15, -0.1) is 0 Å². The highest BCUT2D eigenvalue weighted by atomic mass is 31.2. The molecule has 2 unspecified atom stereocenters. The fourth-order valence-electron chi connectivity index (χ4n) is 0.962. The molecule has 0 aromatic carbocycles. The van der Waals surface area contributed by atoms with Crippen molar-refractivity contribution < 1.29 is 19.0 Å². The minimum atomic E-state index is -2.68. The standard InChI is InChI=1S/C8H17O4P/c1-3-13(11,12-5-4-9)7-8(2)6-10/h6,8-9H,3-5,7H2,1-2H3. The molecule has 2 atom stereocenters. The van der Waals surface area contributed by atoms with Gasteiger partial charge in [-0.1, -0.05) is 13.8 Å². The fourth-order valence-corrected chi connectivity index (χ4v) is 2.89. The van der Waals surface area contributed by atoms with E-state index in [0.717, 1.165) is 6.29 Å². The number of hydrogen-bond donors (Lipinski definition) is 1. The molecule has 0 rings (SSSR count). The number of aliphatic hydroxyl groups is 1. The van der Waals surface area contributed by atoms with Gasteiger partial charge in [-0.2, -0.15) is 0 Å². The van der Waals surface area contributed by atoms with E-state index in [-0.39, 0.29) is 25.3 Å². The zero-order valence-corrected chi connectivity index (χ0v) is 9.00. The van der Waals surface area contributed by atoms with Gasteiger partial charge in [0.2, 0.25) is 7.37 Å². The Morgan fingerprint density at radius 1 is 1.62 bits per heavy atom. The van der Waals surface area contributed by atoms with E-state index in [1.54, 1.807) is 13.8 Å². The minimum Gasteiger partial charge on any atom is -0.394 e. The maximum atomic E-state index is 11.8. The second-order valence-electron chi connectivity index (χ2n) is 2.98. The molecule has 0 heterocycles. The minimum absolute atomic E-state index is 0.0801. The molecule has 0 saturated heterocycles. The molecule has 0 fully saturated rings. The van der Waals surface area contributed by atoms with Gasteiger partial charge in [-0.05, 0) is 0 Å². The average molecular weight is 208 g/mol. The zero-order chi connectivity index (χ0) is 10.3. The van der Waals surface area contributed by atoms with Gasteiger partial charge in [-0.25, -0.2) is 0 Å². The molecule has 13 heavy (non-hydrogen) atoms. The van der Waals surface area contributed by atoms with Crippen molar-refractivity contribution in [2.75, 3.05) is 25.5 Å². The molecule has 5 heteroatoms. The third-order valence-corrected chi connectivity index (χ3v) is 4.45. The van der Waals surface area contributed by atoms with E-state index < -0.39 is 7.37 Å². The normalized spacial score (nSPS) is 17.8. The van der Waals surface area contributed by atoms with Crippen molar-refractivity contribution in [3.05, 3.63) is 0 Å². The molecule has 0 spiro atoms. The van der Waals surface area contributed by atoms with Crippen molar-refractivity contribution in [3.8, 4) is 0 Å². The van der Waals surface area contributed by atoms with Crippen LogP contribution in [0.4, 0.5) is 0 Å². The monoisotopic (exact) mass is 208 g/mol. The van der Waals surface area contributed by atoms with Crippen LogP contribution in [0.2, 0.25) is 0 Å². The Hall–Kier alpha value is -0.180. The summed E-state index contributed by atoms with van der Waals surface area (Å²) in [6, 6.07) is 0. The Morgan fingerprint density at radius 2 is 2.23 bits per heavy atom. The Kier molecular flexibility index (Phi) is 6.21. The first-order chi connectivity index (χ1) is 6.08. The first-order valence-corrected chi connectivity index (χ1v) is 6.36. The number of carbonyl (C=O) groups is 1. The molecule has 0 aliphatic heterocycles. The van der Waals surface area contributed by atoms with Crippen LogP contribution in [-0.4, -0.2) is 36.9 Å². The zero-order valence-electron chi connectivity index (χ0n) is 8.10. The van der Waals surface area contributed by atoms with Crippen molar-refractivity contribution >= 4 is 13.7 Å². The summed E-state index contributed by atoms with van der Waals surface area (Å²) in [6.45, 7) is 3.41. The van der Waals surface area contributed by atoms with Gasteiger partial charge in [0.05, 0.1) is 13.2 Å². The van der Waals surface area contributed by atoms with Crippen LogP contribution in [0.1, 0.15) is 13.8 Å². The third kappa shape index (κ3) is 5.19. The van der Waals surface area contributed by atoms with Gasteiger partial charge >= 0.3 is 0 Å². The summed E-state index contributed by atoms with van der Waals surface area (Å²) in [6.07, 6.45) is 1.45. The maximum absolute atomic E-state index is 11.8. The molecule has 0 aliphatic carbocycles.